The van der Waals surface area contributed by atoms with E-state index in [1.54, 1.807) is 0 Å². The maximum Gasteiger partial charge on any atom is 0.255 e. The zero-order valence-electron chi connectivity index (χ0n) is 12.4. The van der Waals surface area contributed by atoms with E-state index in [0.717, 1.165) is 19.6 Å². The highest BCUT2D eigenvalue weighted by molar-refractivity contribution is 7.78. The van der Waals surface area contributed by atoms with Crippen molar-refractivity contribution in [3.05, 3.63) is 22.7 Å². The van der Waals surface area contributed by atoms with E-state index in [0.29, 0.717) is 6.54 Å². The summed E-state index contributed by atoms with van der Waals surface area (Å²) >= 11 is 10.5. The van der Waals surface area contributed by atoms with Crippen LogP contribution in [0.5, 0.6) is 5.75 Å². The molecule has 0 unspecified atom stereocenters. The fourth-order valence-electron chi connectivity index (χ4n) is 1.83. The molecule has 22 heavy (non-hydrogen) atoms. The minimum Gasteiger partial charge on any atom is -0.507 e. The number of carbonyl (C=O) groups is 1. The lowest BCUT2D eigenvalue weighted by atomic mass is 10.1. The number of halogens is 2. The second kappa shape index (κ2) is 10.5. The summed E-state index contributed by atoms with van der Waals surface area (Å²) < 4.78 is 0. The Morgan fingerprint density at radius 1 is 1.45 bits per heavy atom. The number of carbonyl (C=O) groups excluding carboxylic acids is 1. The number of thiocarbonyl (C=S) groups is 1. The third-order valence-corrected chi connectivity index (χ3v) is 3.48. The summed E-state index contributed by atoms with van der Waals surface area (Å²) in [7, 11) is 0. The summed E-state index contributed by atoms with van der Waals surface area (Å²) in [4.78, 5) is 17.9. The number of phenols is 1. The Bertz CT molecular complexity index is 559. The largest absolute Gasteiger partial charge is 0.507 e. The minimum absolute atomic E-state index is 0. The molecule has 0 saturated heterocycles. The summed E-state index contributed by atoms with van der Waals surface area (Å²) in [5, 5.41) is 15.0. The Hall–Kier alpha value is -1.17. The maximum absolute atomic E-state index is 12.0. The lowest BCUT2D eigenvalue weighted by Gasteiger charge is -2.18. The van der Waals surface area contributed by atoms with Gasteiger partial charge in [-0.15, -0.1) is 12.4 Å². The first-order valence-electron chi connectivity index (χ1n) is 6.64. The highest BCUT2D eigenvalue weighted by Crippen LogP contribution is 2.31. The van der Waals surface area contributed by atoms with Crippen molar-refractivity contribution in [3.8, 4) is 5.75 Å². The molecule has 0 aliphatic heterocycles. The van der Waals surface area contributed by atoms with Crippen LogP contribution in [0.25, 0.3) is 0 Å². The van der Waals surface area contributed by atoms with E-state index in [-0.39, 0.29) is 40.3 Å². The van der Waals surface area contributed by atoms with Gasteiger partial charge < -0.3 is 15.3 Å². The van der Waals surface area contributed by atoms with Crippen LogP contribution >= 0.6 is 36.2 Å². The Labute approximate surface area is 146 Å². The number of hydrogen-bond donors (Lipinski definition) is 2. The monoisotopic (exact) mass is 363 g/mol. The number of nitrogens with one attached hydrogen (secondary N) is 1. The Kier molecular flexibility index (Phi) is 9.98. The molecule has 0 heterocycles. The van der Waals surface area contributed by atoms with Gasteiger partial charge in [0, 0.05) is 19.2 Å². The number of rotatable bonds is 7. The maximum atomic E-state index is 12.0. The molecule has 1 aromatic carbocycles. The molecular formula is C14H19Cl2N3O2S. The molecule has 0 aromatic heterocycles. The van der Waals surface area contributed by atoms with Crippen LogP contribution in [0.4, 0.5) is 5.69 Å². The molecule has 0 saturated carbocycles. The highest BCUT2D eigenvalue weighted by atomic mass is 35.5. The first-order chi connectivity index (χ1) is 10.0. The van der Waals surface area contributed by atoms with Crippen LogP contribution in [0.3, 0.4) is 0 Å². The van der Waals surface area contributed by atoms with Crippen molar-refractivity contribution >= 4 is 53.0 Å². The third-order valence-electron chi connectivity index (χ3n) is 3.08. The summed E-state index contributed by atoms with van der Waals surface area (Å²) in [5.41, 5.74) is 0.395. The molecule has 0 radical (unpaired) electrons. The molecule has 5 nitrogen and oxygen atoms in total. The lowest BCUT2D eigenvalue weighted by molar-refractivity contribution is 0.0946. The molecule has 0 atom stereocenters. The number of nitrogens with zero attached hydrogens (tertiary/aromatic N) is 2. The molecule has 0 fully saturated rings. The van der Waals surface area contributed by atoms with E-state index >= 15 is 0 Å². The van der Waals surface area contributed by atoms with Crippen LogP contribution in [-0.2, 0) is 0 Å². The van der Waals surface area contributed by atoms with E-state index in [1.165, 1.54) is 12.1 Å². The molecule has 0 aliphatic carbocycles. The van der Waals surface area contributed by atoms with Gasteiger partial charge in [0.1, 0.15) is 5.75 Å². The smallest absolute Gasteiger partial charge is 0.255 e. The quantitative estimate of drug-likeness (QED) is 0.576. The van der Waals surface area contributed by atoms with E-state index in [4.69, 9.17) is 11.6 Å². The average molecular weight is 364 g/mol. The Morgan fingerprint density at radius 2 is 2.09 bits per heavy atom. The molecule has 8 heteroatoms. The molecule has 1 rings (SSSR count). The van der Waals surface area contributed by atoms with E-state index < -0.39 is 0 Å². The van der Waals surface area contributed by atoms with Gasteiger partial charge in [0.2, 0.25) is 0 Å². The summed E-state index contributed by atoms with van der Waals surface area (Å²) in [5.74, 6) is -0.567. The molecule has 0 bridgehead atoms. The number of aromatic hydroxyl groups is 1. The normalized spacial score (nSPS) is 9.82. The van der Waals surface area contributed by atoms with Gasteiger partial charge in [-0.25, -0.2) is 0 Å². The van der Waals surface area contributed by atoms with E-state index in [2.05, 4.69) is 46.4 Å². The van der Waals surface area contributed by atoms with Crippen molar-refractivity contribution in [1.29, 1.82) is 0 Å². The van der Waals surface area contributed by atoms with E-state index in [1.807, 2.05) is 0 Å². The number of phenolic OH excluding ortho intramolecular Hbond substituents is 1. The van der Waals surface area contributed by atoms with Gasteiger partial charge in [-0.3, -0.25) is 4.79 Å². The van der Waals surface area contributed by atoms with Crippen molar-refractivity contribution in [2.75, 3.05) is 26.2 Å². The first-order valence-corrected chi connectivity index (χ1v) is 7.43. The average Bonchev–Trinajstić information content (AvgIpc) is 2.47. The number of isothiocyanates is 1. The molecule has 1 aromatic rings. The van der Waals surface area contributed by atoms with Gasteiger partial charge in [-0.1, -0.05) is 25.4 Å². The number of amides is 1. The van der Waals surface area contributed by atoms with Crippen molar-refractivity contribution in [2.45, 2.75) is 13.8 Å². The summed E-state index contributed by atoms with van der Waals surface area (Å²) in [6.45, 7) is 7.22. The van der Waals surface area contributed by atoms with Crippen molar-refractivity contribution in [1.82, 2.24) is 10.2 Å². The van der Waals surface area contributed by atoms with Crippen LogP contribution in [0.2, 0.25) is 5.02 Å². The Balaban J connectivity index is 0.00000441. The van der Waals surface area contributed by atoms with Crippen molar-refractivity contribution < 1.29 is 9.90 Å². The minimum atomic E-state index is -0.376. The van der Waals surface area contributed by atoms with Gasteiger partial charge in [-0.05, 0) is 31.4 Å². The lowest BCUT2D eigenvalue weighted by Crippen LogP contribution is -2.34. The van der Waals surface area contributed by atoms with Crippen molar-refractivity contribution in [3.63, 3.8) is 0 Å². The molecule has 1 amide bonds. The van der Waals surface area contributed by atoms with Gasteiger partial charge in [0.05, 0.1) is 21.4 Å². The van der Waals surface area contributed by atoms with Gasteiger partial charge in [0.15, 0.2) is 0 Å². The SMILES string of the molecule is CCN(CC)CCNC(=O)c1cc(Cl)c(N=C=S)cc1O.Cl. The molecule has 0 spiro atoms. The molecule has 122 valence electrons. The zero-order chi connectivity index (χ0) is 15.8. The summed E-state index contributed by atoms with van der Waals surface area (Å²) in [6.07, 6.45) is 0. The fourth-order valence-corrected chi connectivity index (χ4v) is 2.13. The van der Waals surface area contributed by atoms with Gasteiger partial charge in [-0.2, -0.15) is 4.99 Å². The number of likely N-dealkylation sites (N-methyl/N-ethyl adjacent to an activating group) is 1. The topological polar surface area (TPSA) is 64.9 Å². The van der Waals surface area contributed by atoms with Crippen LogP contribution in [0.15, 0.2) is 17.1 Å². The highest BCUT2D eigenvalue weighted by Gasteiger charge is 2.14. The van der Waals surface area contributed by atoms with Gasteiger partial charge >= 0.3 is 0 Å². The summed E-state index contributed by atoms with van der Waals surface area (Å²) in [6, 6.07) is 2.66. The second-order valence-corrected chi connectivity index (χ2v) is 4.90. The van der Waals surface area contributed by atoms with Crippen LogP contribution in [-0.4, -0.2) is 47.3 Å². The molecular weight excluding hydrogens is 345 g/mol. The predicted octanol–water partition coefficient (Wildman–Crippen LogP) is 3.27. The van der Waals surface area contributed by atoms with Crippen LogP contribution < -0.4 is 5.32 Å². The fraction of sp³-hybridized carbons (Fsp3) is 0.429. The van der Waals surface area contributed by atoms with Crippen LogP contribution in [0, 0.1) is 0 Å². The Morgan fingerprint density at radius 3 is 2.64 bits per heavy atom. The number of hydrogen-bond acceptors (Lipinski definition) is 5. The predicted molar refractivity (Wildman–Crippen MR) is 95.2 cm³/mol. The van der Waals surface area contributed by atoms with Crippen LogP contribution in [0.1, 0.15) is 24.2 Å². The van der Waals surface area contributed by atoms with Gasteiger partial charge in [0.25, 0.3) is 5.91 Å². The molecule has 0 aliphatic rings. The number of benzene rings is 1. The molecule has 2 N–H and O–H groups in total. The number of aliphatic imine (C=N–C) groups is 1. The first kappa shape index (κ1) is 20.8. The zero-order valence-corrected chi connectivity index (χ0v) is 14.8. The second-order valence-electron chi connectivity index (χ2n) is 4.31. The van der Waals surface area contributed by atoms with E-state index in [9.17, 15) is 9.90 Å². The van der Waals surface area contributed by atoms with Crippen molar-refractivity contribution in [2.24, 2.45) is 4.99 Å². The standard InChI is InChI=1S/C14H18ClN3O2S.ClH/c1-3-18(4-2)6-5-16-14(20)10-7-11(15)12(17-9-21)8-13(10)19;/h7-8,19H,3-6H2,1-2H3,(H,16,20);1H. The third kappa shape index (κ3) is 5.91.